The molecular formula is C15H18N2S. The molecule has 1 atom stereocenters. The van der Waals surface area contributed by atoms with E-state index in [0.717, 1.165) is 6.54 Å². The van der Waals surface area contributed by atoms with Crippen LogP contribution in [0.1, 0.15) is 47.5 Å². The molecule has 0 saturated heterocycles. The van der Waals surface area contributed by atoms with Crippen molar-refractivity contribution in [3.05, 3.63) is 40.0 Å². The van der Waals surface area contributed by atoms with E-state index in [0.29, 0.717) is 6.04 Å². The molecule has 0 unspecified atom stereocenters. The Morgan fingerprint density at radius 2 is 2.17 bits per heavy atom. The summed E-state index contributed by atoms with van der Waals surface area (Å²) in [7, 11) is 0. The Balaban J connectivity index is 1.95. The topological polar surface area (TPSA) is 17.0 Å². The minimum absolute atomic E-state index is 0.443. The summed E-state index contributed by atoms with van der Waals surface area (Å²) in [4.78, 5) is 1.64. The van der Waals surface area contributed by atoms with Crippen molar-refractivity contribution in [3.63, 3.8) is 0 Å². The first-order valence-electron chi connectivity index (χ1n) is 6.89. The summed E-state index contributed by atoms with van der Waals surface area (Å²) in [5, 5.41) is 5.14. The first kappa shape index (κ1) is 10.8. The Morgan fingerprint density at radius 1 is 1.28 bits per heavy atom. The van der Waals surface area contributed by atoms with E-state index in [-0.39, 0.29) is 0 Å². The van der Waals surface area contributed by atoms with Gasteiger partial charge < -0.3 is 9.88 Å². The number of hydrogen-bond donors (Lipinski definition) is 1. The van der Waals surface area contributed by atoms with Gasteiger partial charge in [-0.05, 0) is 50.3 Å². The predicted octanol–water partition coefficient (Wildman–Crippen LogP) is 3.58. The third-order valence-corrected chi connectivity index (χ3v) is 5.62. The summed E-state index contributed by atoms with van der Waals surface area (Å²) in [6.45, 7) is 3.29. The molecule has 4 rings (SSSR count). The fourth-order valence-corrected chi connectivity index (χ4v) is 4.70. The first-order chi connectivity index (χ1) is 8.84. The maximum Gasteiger partial charge on any atom is 0.104 e. The van der Waals surface area contributed by atoms with Crippen LogP contribution in [0.25, 0.3) is 5.00 Å². The summed E-state index contributed by atoms with van der Waals surface area (Å²) >= 11 is 2.02. The van der Waals surface area contributed by atoms with Crippen molar-refractivity contribution in [1.29, 1.82) is 0 Å². The van der Waals surface area contributed by atoms with Crippen LogP contribution >= 0.6 is 11.3 Å². The third kappa shape index (κ3) is 1.44. The molecule has 0 spiro atoms. The summed E-state index contributed by atoms with van der Waals surface area (Å²) in [5.41, 5.74) is 4.62. The molecule has 1 aliphatic heterocycles. The number of fused-ring (bicyclic) bond motifs is 5. The van der Waals surface area contributed by atoms with Crippen LogP contribution in [0, 0.1) is 0 Å². The first-order valence-corrected chi connectivity index (χ1v) is 7.70. The molecule has 3 heteroatoms. The zero-order valence-corrected chi connectivity index (χ0v) is 11.5. The molecule has 2 nitrogen and oxygen atoms in total. The van der Waals surface area contributed by atoms with Gasteiger partial charge in [-0.1, -0.05) is 0 Å². The Morgan fingerprint density at radius 3 is 3.11 bits per heavy atom. The lowest BCUT2D eigenvalue weighted by molar-refractivity contribution is 0.565. The molecule has 0 aromatic carbocycles. The molecule has 2 aromatic rings. The standard InChI is InChI=1S/C15H18N2S/c1-10-13-6-4-8-17(13)15-12(9-16-10)11-5-2-3-7-14(11)18-15/h4,6,8,10,16H,2-3,5,7,9H2,1H3/t10-/m0/s1. The number of nitrogens with zero attached hydrogens (tertiary/aromatic N) is 1. The van der Waals surface area contributed by atoms with E-state index in [4.69, 9.17) is 0 Å². The highest BCUT2D eigenvalue weighted by molar-refractivity contribution is 7.15. The molecule has 2 aromatic heterocycles. The highest BCUT2D eigenvalue weighted by Gasteiger charge is 2.25. The van der Waals surface area contributed by atoms with E-state index >= 15 is 0 Å². The molecule has 2 aliphatic rings. The molecular weight excluding hydrogens is 240 g/mol. The van der Waals surface area contributed by atoms with Crippen LogP contribution in [-0.2, 0) is 19.4 Å². The highest BCUT2D eigenvalue weighted by atomic mass is 32.1. The second-order valence-electron chi connectivity index (χ2n) is 5.40. The van der Waals surface area contributed by atoms with Crippen LogP contribution in [0.5, 0.6) is 0 Å². The SMILES string of the molecule is C[C@@H]1NCc2c(sc3c2CCCC3)-n2cccc21. The van der Waals surface area contributed by atoms with Gasteiger partial charge in [0.25, 0.3) is 0 Å². The summed E-state index contributed by atoms with van der Waals surface area (Å²) in [5.74, 6) is 0. The number of rotatable bonds is 0. The zero-order chi connectivity index (χ0) is 12.1. The number of aryl methyl sites for hydroxylation is 1. The van der Waals surface area contributed by atoms with Gasteiger partial charge in [0.1, 0.15) is 5.00 Å². The van der Waals surface area contributed by atoms with E-state index in [2.05, 4.69) is 35.1 Å². The van der Waals surface area contributed by atoms with Crippen LogP contribution in [0.2, 0.25) is 0 Å². The molecule has 1 N–H and O–H groups in total. The average molecular weight is 258 g/mol. The average Bonchev–Trinajstić information content (AvgIpc) is 2.97. The van der Waals surface area contributed by atoms with Gasteiger partial charge in [-0.2, -0.15) is 0 Å². The molecule has 1 aliphatic carbocycles. The quantitative estimate of drug-likeness (QED) is 0.764. The molecule has 3 heterocycles. The van der Waals surface area contributed by atoms with Gasteiger partial charge >= 0.3 is 0 Å². The zero-order valence-electron chi connectivity index (χ0n) is 10.7. The highest BCUT2D eigenvalue weighted by Crippen LogP contribution is 2.39. The van der Waals surface area contributed by atoms with Crippen molar-refractivity contribution in [3.8, 4) is 5.00 Å². The summed E-state index contributed by atoms with van der Waals surface area (Å²) in [6, 6.07) is 4.85. The Hall–Kier alpha value is -1.06. The third-order valence-electron chi connectivity index (χ3n) is 4.29. The van der Waals surface area contributed by atoms with Gasteiger partial charge in [-0.3, -0.25) is 0 Å². The second-order valence-corrected chi connectivity index (χ2v) is 6.48. The van der Waals surface area contributed by atoms with Crippen molar-refractivity contribution < 1.29 is 0 Å². The lowest BCUT2D eigenvalue weighted by Crippen LogP contribution is -2.17. The van der Waals surface area contributed by atoms with E-state index in [9.17, 15) is 0 Å². The molecule has 0 fully saturated rings. The van der Waals surface area contributed by atoms with E-state index in [1.165, 1.54) is 36.4 Å². The van der Waals surface area contributed by atoms with Gasteiger partial charge in [0.2, 0.25) is 0 Å². The smallest absolute Gasteiger partial charge is 0.104 e. The maximum absolute atomic E-state index is 3.67. The van der Waals surface area contributed by atoms with E-state index in [1.54, 1.807) is 16.0 Å². The number of hydrogen-bond acceptors (Lipinski definition) is 2. The normalized spacial score (nSPS) is 21.9. The number of nitrogens with one attached hydrogen (secondary N) is 1. The Bertz CT molecular complexity index is 594. The van der Waals surface area contributed by atoms with E-state index in [1.807, 2.05) is 11.3 Å². The van der Waals surface area contributed by atoms with Crippen molar-refractivity contribution >= 4 is 11.3 Å². The minimum atomic E-state index is 0.443. The van der Waals surface area contributed by atoms with Crippen LogP contribution in [-0.4, -0.2) is 4.57 Å². The Kier molecular flexibility index (Phi) is 2.39. The van der Waals surface area contributed by atoms with Gasteiger partial charge in [-0.15, -0.1) is 11.3 Å². The monoisotopic (exact) mass is 258 g/mol. The van der Waals surface area contributed by atoms with Crippen molar-refractivity contribution in [1.82, 2.24) is 9.88 Å². The summed E-state index contributed by atoms with van der Waals surface area (Å²) in [6.07, 6.45) is 7.53. The van der Waals surface area contributed by atoms with E-state index < -0.39 is 0 Å². The second kappa shape index (κ2) is 3.97. The molecule has 18 heavy (non-hydrogen) atoms. The number of aromatic nitrogens is 1. The van der Waals surface area contributed by atoms with Gasteiger partial charge in [0.15, 0.2) is 0 Å². The van der Waals surface area contributed by atoms with Crippen LogP contribution in [0.4, 0.5) is 0 Å². The maximum atomic E-state index is 3.67. The van der Waals surface area contributed by atoms with Gasteiger partial charge in [-0.25, -0.2) is 0 Å². The lowest BCUT2D eigenvalue weighted by Gasteiger charge is -2.14. The Labute approximate surface area is 112 Å². The van der Waals surface area contributed by atoms with Gasteiger partial charge in [0, 0.05) is 34.9 Å². The van der Waals surface area contributed by atoms with Crippen molar-refractivity contribution in [2.45, 2.75) is 45.2 Å². The van der Waals surface area contributed by atoms with Crippen molar-refractivity contribution in [2.24, 2.45) is 0 Å². The number of thiophene rings is 1. The molecule has 94 valence electrons. The van der Waals surface area contributed by atoms with Gasteiger partial charge in [0.05, 0.1) is 0 Å². The molecule has 0 bridgehead atoms. The molecule has 0 amide bonds. The fourth-order valence-electron chi connectivity index (χ4n) is 3.29. The van der Waals surface area contributed by atoms with Crippen LogP contribution in [0.15, 0.2) is 18.3 Å². The largest absolute Gasteiger partial charge is 0.311 e. The fraction of sp³-hybridized carbons (Fsp3) is 0.467. The van der Waals surface area contributed by atoms with Crippen molar-refractivity contribution in [2.75, 3.05) is 0 Å². The summed E-state index contributed by atoms with van der Waals surface area (Å²) < 4.78 is 2.41. The van der Waals surface area contributed by atoms with Crippen LogP contribution < -0.4 is 5.32 Å². The minimum Gasteiger partial charge on any atom is -0.311 e. The predicted molar refractivity (Wildman–Crippen MR) is 75.5 cm³/mol. The van der Waals surface area contributed by atoms with Crippen LogP contribution in [0.3, 0.4) is 0 Å². The molecule has 0 saturated carbocycles. The lowest BCUT2D eigenvalue weighted by atomic mass is 9.95. The molecule has 0 radical (unpaired) electrons.